The van der Waals surface area contributed by atoms with Crippen LogP contribution in [0.25, 0.3) is 11.0 Å². The standard InChI is InChI=1S/C17H23F3N6O2S/c1-29(27,28)25-6-4-13(12(18)9-25)23-16-22-8-11-3-7-26(15(11)24-16)14-2-5-21-10-17(14,19)20/h3,7-8,12-14,21H,2,4-6,9-10H2,1H3,(H,22,23,24)/t12-,13-,14+/m1/s1. The molecule has 2 aromatic rings. The third-order valence-corrected chi connectivity index (χ3v) is 6.79. The lowest BCUT2D eigenvalue weighted by Crippen LogP contribution is -2.49. The Morgan fingerprint density at radius 3 is 2.83 bits per heavy atom. The predicted octanol–water partition coefficient (Wildman–Crippen LogP) is 1.38. The van der Waals surface area contributed by atoms with Gasteiger partial charge >= 0.3 is 0 Å². The molecule has 160 valence electrons. The molecule has 3 atom stereocenters. The van der Waals surface area contributed by atoms with E-state index >= 15 is 0 Å². The third kappa shape index (κ3) is 4.05. The first-order chi connectivity index (χ1) is 13.6. The molecule has 4 rings (SSSR count). The van der Waals surface area contributed by atoms with Gasteiger partial charge in [0.15, 0.2) is 0 Å². The number of rotatable bonds is 4. The fourth-order valence-corrected chi connectivity index (χ4v) is 4.78. The van der Waals surface area contributed by atoms with Crippen LogP contribution in [0.2, 0.25) is 0 Å². The molecule has 0 amide bonds. The molecule has 2 aliphatic heterocycles. The van der Waals surface area contributed by atoms with Crippen LogP contribution in [-0.4, -0.2) is 77.8 Å². The van der Waals surface area contributed by atoms with E-state index in [1.165, 1.54) is 10.8 Å². The number of fused-ring (bicyclic) bond motifs is 1. The van der Waals surface area contributed by atoms with Crippen molar-refractivity contribution in [3.8, 4) is 0 Å². The van der Waals surface area contributed by atoms with Gasteiger partial charge in [-0.1, -0.05) is 0 Å². The van der Waals surface area contributed by atoms with Gasteiger partial charge in [0.1, 0.15) is 17.9 Å². The van der Waals surface area contributed by atoms with Crippen LogP contribution in [0.5, 0.6) is 0 Å². The Morgan fingerprint density at radius 1 is 1.34 bits per heavy atom. The first kappa shape index (κ1) is 20.4. The summed E-state index contributed by atoms with van der Waals surface area (Å²) in [5.41, 5.74) is 0.359. The fraction of sp³-hybridized carbons (Fsp3) is 0.647. The lowest BCUT2D eigenvalue weighted by atomic mass is 10.0. The number of hydrogen-bond acceptors (Lipinski definition) is 6. The van der Waals surface area contributed by atoms with Crippen molar-refractivity contribution < 1.29 is 21.6 Å². The molecular formula is C17H23F3N6O2S. The highest BCUT2D eigenvalue weighted by Gasteiger charge is 2.43. The third-order valence-electron chi connectivity index (χ3n) is 5.52. The minimum atomic E-state index is -3.45. The molecule has 0 bridgehead atoms. The first-order valence-corrected chi connectivity index (χ1v) is 11.3. The van der Waals surface area contributed by atoms with Crippen LogP contribution in [0.1, 0.15) is 18.9 Å². The molecule has 2 aliphatic rings. The van der Waals surface area contributed by atoms with Gasteiger partial charge in [-0.05, 0) is 25.5 Å². The summed E-state index contributed by atoms with van der Waals surface area (Å²) in [5.74, 6) is -2.78. The van der Waals surface area contributed by atoms with E-state index in [0.29, 0.717) is 17.6 Å². The van der Waals surface area contributed by atoms with Crippen molar-refractivity contribution in [2.24, 2.45) is 0 Å². The van der Waals surface area contributed by atoms with E-state index in [1.54, 1.807) is 12.3 Å². The number of sulfonamides is 1. The molecule has 2 N–H and O–H groups in total. The molecule has 8 nitrogen and oxygen atoms in total. The minimum Gasteiger partial charge on any atom is -0.348 e. The number of nitrogens with one attached hydrogen (secondary N) is 2. The van der Waals surface area contributed by atoms with Crippen LogP contribution in [0.15, 0.2) is 18.5 Å². The number of piperidine rings is 2. The SMILES string of the molecule is CS(=O)(=O)N1CC[C@@H](Nc2ncc3ccn([C@H]4CCNCC4(F)F)c3n2)[C@H](F)C1. The summed E-state index contributed by atoms with van der Waals surface area (Å²) in [6, 6.07) is 0.00451. The maximum absolute atomic E-state index is 14.5. The van der Waals surface area contributed by atoms with Gasteiger partial charge in [-0.3, -0.25) is 0 Å². The summed E-state index contributed by atoms with van der Waals surface area (Å²) in [5, 5.41) is 6.23. The van der Waals surface area contributed by atoms with Crippen molar-refractivity contribution in [3.05, 3.63) is 18.5 Å². The molecule has 0 unspecified atom stereocenters. The van der Waals surface area contributed by atoms with Crippen molar-refractivity contribution in [2.45, 2.75) is 37.0 Å². The second-order valence-corrected chi connectivity index (χ2v) is 9.60. The second kappa shape index (κ2) is 7.40. The zero-order valence-corrected chi connectivity index (χ0v) is 16.7. The molecule has 12 heteroatoms. The molecule has 0 spiro atoms. The lowest BCUT2D eigenvalue weighted by molar-refractivity contribution is -0.0646. The average Bonchev–Trinajstić information content (AvgIpc) is 3.05. The van der Waals surface area contributed by atoms with E-state index in [1.807, 2.05) is 0 Å². The molecule has 2 saturated heterocycles. The monoisotopic (exact) mass is 432 g/mol. The van der Waals surface area contributed by atoms with Crippen LogP contribution in [0.3, 0.4) is 0 Å². The Labute approximate surface area is 166 Å². The fourth-order valence-electron chi connectivity index (χ4n) is 3.93. The molecule has 29 heavy (non-hydrogen) atoms. The summed E-state index contributed by atoms with van der Waals surface area (Å²) in [7, 11) is -3.45. The zero-order chi connectivity index (χ0) is 20.8. The summed E-state index contributed by atoms with van der Waals surface area (Å²) in [6.07, 6.45) is 3.23. The summed E-state index contributed by atoms with van der Waals surface area (Å²) < 4.78 is 69.0. The van der Waals surface area contributed by atoms with Crippen LogP contribution >= 0.6 is 0 Å². The molecular weight excluding hydrogens is 409 g/mol. The highest BCUT2D eigenvalue weighted by molar-refractivity contribution is 7.88. The summed E-state index contributed by atoms with van der Waals surface area (Å²) >= 11 is 0. The normalized spacial score (nSPS) is 28.5. The van der Waals surface area contributed by atoms with Crippen molar-refractivity contribution >= 4 is 27.0 Å². The average molecular weight is 432 g/mol. The van der Waals surface area contributed by atoms with E-state index in [0.717, 1.165) is 10.6 Å². The number of alkyl halides is 3. The lowest BCUT2D eigenvalue weighted by Gasteiger charge is -2.34. The van der Waals surface area contributed by atoms with Crippen molar-refractivity contribution in [2.75, 3.05) is 37.8 Å². The highest BCUT2D eigenvalue weighted by atomic mass is 32.2. The van der Waals surface area contributed by atoms with Crippen molar-refractivity contribution in [3.63, 3.8) is 0 Å². The molecule has 0 saturated carbocycles. The minimum absolute atomic E-state index is 0.134. The van der Waals surface area contributed by atoms with Crippen molar-refractivity contribution in [1.29, 1.82) is 0 Å². The van der Waals surface area contributed by atoms with Crippen molar-refractivity contribution in [1.82, 2.24) is 24.2 Å². The Kier molecular flexibility index (Phi) is 5.20. The molecule has 0 radical (unpaired) electrons. The van der Waals surface area contributed by atoms with Gasteiger partial charge in [-0.15, -0.1) is 0 Å². The van der Waals surface area contributed by atoms with E-state index in [4.69, 9.17) is 0 Å². The highest BCUT2D eigenvalue weighted by Crippen LogP contribution is 2.36. The molecule has 4 heterocycles. The van der Waals surface area contributed by atoms with Gasteiger partial charge < -0.3 is 15.2 Å². The number of halogens is 3. The van der Waals surface area contributed by atoms with Gasteiger partial charge in [0.2, 0.25) is 16.0 Å². The molecule has 2 fully saturated rings. The Hall–Kier alpha value is -1.92. The number of anilines is 1. The zero-order valence-electron chi connectivity index (χ0n) is 15.9. The van der Waals surface area contributed by atoms with Gasteiger partial charge in [0.05, 0.1) is 18.8 Å². The largest absolute Gasteiger partial charge is 0.348 e. The second-order valence-electron chi connectivity index (χ2n) is 7.61. The first-order valence-electron chi connectivity index (χ1n) is 9.43. The molecule has 0 aliphatic carbocycles. The molecule has 0 aromatic carbocycles. The Morgan fingerprint density at radius 2 is 2.14 bits per heavy atom. The van der Waals surface area contributed by atoms with Gasteiger partial charge in [-0.25, -0.2) is 26.6 Å². The number of aromatic nitrogens is 3. The maximum Gasteiger partial charge on any atom is 0.280 e. The smallest absolute Gasteiger partial charge is 0.280 e. The van der Waals surface area contributed by atoms with Gasteiger partial charge in [-0.2, -0.15) is 9.29 Å². The predicted molar refractivity (Wildman–Crippen MR) is 102 cm³/mol. The van der Waals surface area contributed by atoms with Crippen LogP contribution in [0.4, 0.5) is 19.1 Å². The topological polar surface area (TPSA) is 92.2 Å². The summed E-state index contributed by atoms with van der Waals surface area (Å²) in [6.45, 7) is 0.0434. The maximum atomic E-state index is 14.5. The number of hydrogen-bond donors (Lipinski definition) is 2. The Balaban J connectivity index is 1.55. The van der Waals surface area contributed by atoms with Crippen LogP contribution < -0.4 is 10.6 Å². The van der Waals surface area contributed by atoms with Crippen LogP contribution in [-0.2, 0) is 10.0 Å². The number of nitrogens with zero attached hydrogens (tertiary/aromatic N) is 4. The van der Waals surface area contributed by atoms with E-state index < -0.39 is 40.7 Å². The van der Waals surface area contributed by atoms with Gasteiger partial charge in [0.25, 0.3) is 5.92 Å². The van der Waals surface area contributed by atoms with E-state index in [9.17, 15) is 21.6 Å². The quantitative estimate of drug-likeness (QED) is 0.759. The van der Waals surface area contributed by atoms with E-state index in [2.05, 4.69) is 20.6 Å². The van der Waals surface area contributed by atoms with Gasteiger partial charge in [0, 0.05) is 30.9 Å². The van der Waals surface area contributed by atoms with Crippen LogP contribution in [0, 0.1) is 0 Å². The summed E-state index contributed by atoms with van der Waals surface area (Å²) in [4.78, 5) is 8.52. The Bertz CT molecular complexity index is 998. The molecule has 2 aromatic heterocycles. The van der Waals surface area contributed by atoms with E-state index in [-0.39, 0.29) is 31.9 Å².